The number of hydrogen-bond donors (Lipinski definition) is 1. The molecule has 9 heteroatoms. The Hall–Kier alpha value is -1.93. The van der Waals surface area contributed by atoms with E-state index in [-0.39, 0.29) is 29.8 Å². The molecule has 1 fully saturated rings. The predicted molar refractivity (Wildman–Crippen MR) is 116 cm³/mol. The van der Waals surface area contributed by atoms with Crippen molar-refractivity contribution in [3.05, 3.63) is 68.8 Å². The zero-order valence-electron chi connectivity index (χ0n) is 14.2. The zero-order chi connectivity index (χ0) is 20.3. The number of halogens is 3. The fourth-order valence-electron chi connectivity index (χ4n) is 2.44. The maximum absolute atomic E-state index is 13.2. The maximum atomic E-state index is 13.2. The SMILES string of the molecule is O=C(CCN1C(=O)C(=Cc2ccccc2Cl)SC1=S)Nc1ccc(F)c(Cl)c1. The van der Waals surface area contributed by atoms with Crippen molar-refractivity contribution in [2.24, 2.45) is 0 Å². The van der Waals surface area contributed by atoms with Gasteiger partial charge in [-0.25, -0.2) is 4.39 Å². The van der Waals surface area contributed by atoms with Gasteiger partial charge >= 0.3 is 0 Å². The summed E-state index contributed by atoms with van der Waals surface area (Å²) in [5.74, 6) is -1.18. The van der Waals surface area contributed by atoms with Gasteiger partial charge in [0.1, 0.15) is 10.1 Å². The summed E-state index contributed by atoms with van der Waals surface area (Å²) in [4.78, 5) is 26.6. The maximum Gasteiger partial charge on any atom is 0.266 e. The van der Waals surface area contributed by atoms with Gasteiger partial charge in [-0.3, -0.25) is 14.5 Å². The molecule has 144 valence electrons. The summed E-state index contributed by atoms with van der Waals surface area (Å²) in [7, 11) is 0. The number of hydrogen-bond acceptors (Lipinski definition) is 4. The standard InChI is InChI=1S/C19H13Cl2FN2O2S2/c20-13-4-2-1-3-11(13)9-16-18(26)24(19(27)28-16)8-7-17(25)23-12-5-6-15(22)14(21)10-12/h1-6,9-10H,7-8H2,(H,23,25). The Morgan fingerprint density at radius 1 is 1.21 bits per heavy atom. The highest BCUT2D eigenvalue weighted by atomic mass is 35.5. The Bertz CT molecular complexity index is 998. The molecule has 1 aliphatic heterocycles. The van der Waals surface area contributed by atoms with E-state index in [4.69, 9.17) is 35.4 Å². The molecule has 0 saturated carbocycles. The predicted octanol–water partition coefficient (Wildman–Crippen LogP) is 5.36. The van der Waals surface area contributed by atoms with Crippen molar-refractivity contribution in [1.82, 2.24) is 4.90 Å². The smallest absolute Gasteiger partial charge is 0.266 e. The normalized spacial score (nSPS) is 15.4. The van der Waals surface area contributed by atoms with Crippen molar-refractivity contribution in [3.8, 4) is 0 Å². The van der Waals surface area contributed by atoms with Gasteiger partial charge in [-0.05, 0) is 35.9 Å². The van der Waals surface area contributed by atoms with Gasteiger partial charge < -0.3 is 5.32 Å². The van der Waals surface area contributed by atoms with E-state index >= 15 is 0 Å². The van der Waals surface area contributed by atoms with Crippen LogP contribution in [0.1, 0.15) is 12.0 Å². The molecular weight excluding hydrogens is 442 g/mol. The quantitative estimate of drug-likeness (QED) is 0.487. The number of carbonyl (C=O) groups is 2. The highest BCUT2D eigenvalue weighted by Gasteiger charge is 2.32. The van der Waals surface area contributed by atoms with Crippen LogP contribution in [0, 0.1) is 5.82 Å². The summed E-state index contributed by atoms with van der Waals surface area (Å²) in [6, 6.07) is 11.1. The number of thioether (sulfide) groups is 1. The van der Waals surface area contributed by atoms with E-state index in [2.05, 4.69) is 5.32 Å². The molecule has 0 unspecified atom stereocenters. The van der Waals surface area contributed by atoms with Crippen molar-refractivity contribution >= 4 is 75.1 Å². The lowest BCUT2D eigenvalue weighted by Crippen LogP contribution is -2.31. The lowest BCUT2D eigenvalue weighted by Gasteiger charge is -2.14. The van der Waals surface area contributed by atoms with Crippen molar-refractivity contribution in [3.63, 3.8) is 0 Å². The monoisotopic (exact) mass is 454 g/mol. The average Bonchev–Trinajstić information content (AvgIpc) is 2.91. The number of amides is 2. The fourth-order valence-corrected chi connectivity index (χ4v) is 4.11. The molecule has 3 rings (SSSR count). The third-order valence-corrected chi connectivity index (χ3v) is 5.84. The van der Waals surface area contributed by atoms with Gasteiger partial charge in [0.15, 0.2) is 0 Å². The van der Waals surface area contributed by atoms with E-state index in [0.717, 1.165) is 17.3 Å². The van der Waals surface area contributed by atoms with Crippen LogP contribution >= 0.6 is 47.2 Å². The van der Waals surface area contributed by atoms with E-state index in [1.807, 2.05) is 6.07 Å². The average molecular weight is 455 g/mol. The van der Waals surface area contributed by atoms with E-state index in [0.29, 0.717) is 19.9 Å². The summed E-state index contributed by atoms with van der Waals surface area (Å²) in [6.07, 6.45) is 1.71. The first-order valence-corrected chi connectivity index (χ1v) is 10.1. The molecule has 28 heavy (non-hydrogen) atoms. The first kappa shape index (κ1) is 20.8. The second-order valence-corrected chi connectivity index (χ2v) is 8.27. The van der Waals surface area contributed by atoms with Gasteiger partial charge in [-0.2, -0.15) is 0 Å². The second-order valence-electron chi connectivity index (χ2n) is 5.78. The van der Waals surface area contributed by atoms with Crippen LogP contribution in [-0.4, -0.2) is 27.6 Å². The van der Waals surface area contributed by atoms with Crippen LogP contribution in [0.25, 0.3) is 6.08 Å². The van der Waals surface area contributed by atoms with Gasteiger partial charge in [0.25, 0.3) is 5.91 Å². The van der Waals surface area contributed by atoms with E-state index < -0.39 is 5.82 Å². The first-order chi connectivity index (χ1) is 13.3. The van der Waals surface area contributed by atoms with Crippen LogP contribution in [0.15, 0.2) is 47.4 Å². The summed E-state index contributed by atoms with van der Waals surface area (Å²) in [6.45, 7) is 0.130. The fraction of sp³-hybridized carbons (Fsp3) is 0.105. The van der Waals surface area contributed by atoms with E-state index in [1.54, 1.807) is 24.3 Å². The molecule has 0 aliphatic carbocycles. The number of rotatable bonds is 5. The van der Waals surface area contributed by atoms with Crippen LogP contribution in [-0.2, 0) is 9.59 Å². The number of nitrogens with zero attached hydrogens (tertiary/aromatic N) is 1. The molecule has 0 aromatic heterocycles. The number of anilines is 1. The number of carbonyl (C=O) groups excluding carboxylic acids is 2. The van der Waals surface area contributed by atoms with Crippen molar-refractivity contribution < 1.29 is 14.0 Å². The highest BCUT2D eigenvalue weighted by molar-refractivity contribution is 8.26. The molecule has 1 saturated heterocycles. The van der Waals surface area contributed by atoms with Gasteiger partial charge in [0.05, 0.1) is 9.93 Å². The largest absolute Gasteiger partial charge is 0.326 e. The molecule has 1 N–H and O–H groups in total. The van der Waals surface area contributed by atoms with Crippen LogP contribution < -0.4 is 5.32 Å². The molecule has 2 aromatic carbocycles. The minimum Gasteiger partial charge on any atom is -0.326 e. The molecule has 1 heterocycles. The number of thiocarbonyl (C=S) groups is 1. The second kappa shape index (κ2) is 9.05. The van der Waals surface area contributed by atoms with Crippen molar-refractivity contribution in [2.45, 2.75) is 6.42 Å². The minimum atomic E-state index is -0.567. The Balaban J connectivity index is 1.62. The molecule has 4 nitrogen and oxygen atoms in total. The van der Waals surface area contributed by atoms with Gasteiger partial charge in [0, 0.05) is 23.7 Å². The zero-order valence-corrected chi connectivity index (χ0v) is 17.4. The molecule has 0 atom stereocenters. The first-order valence-electron chi connectivity index (χ1n) is 8.10. The Morgan fingerprint density at radius 3 is 2.68 bits per heavy atom. The Labute approximate surface area is 180 Å². The third-order valence-electron chi connectivity index (χ3n) is 3.83. The van der Waals surface area contributed by atoms with Crippen LogP contribution in [0.3, 0.4) is 0 Å². The number of nitrogens with one attached hydrogen (secondary N) is 1. The van der Waals surface area contributed by atoms with E-state index in [9.17, 15) is 14.0 Å². The number of benzene rings is 2. The Kier molecular flexibility index (Phi) is 6.72. The van der Waals surface area contributed by atoms with Gasteiger partial charge in [-0.15, -0.1) is 0 Å². The summed E-state index contributed by atoms with van der Waals surface area (Å²) >= 11 is 18.2. The molecule has 0 bridgehead atoms. The molecular formula is C19H13Cl2FN2O2S2. The molecule has 1 aliphatic rings. The van der Waals surface area contributed by atoms with Crippen LogP contribution in [0.2, 0.25) is 10.0 Å². The lowest BCUT2D eigenvalue weighted by molar-refractivity contribution is -0.122. The van der Waals surface area contributed by atoms with Crippen molar-refractivity contribution in [1.29, 1.82) is 0 Å². The highest BCUT2D eigenvalue weighted by Crippen LogP contribution is 2.33. The van der Waals surface area contributed by atoms with Crippen LogP contribution in [0.5, 0.6) is 0 Å². The molecule has 0 radical (unpaired) electrons. The molecule has 2 amide bonds. The topological polar surface area (TPSA) is 49.4 Å². The molecule has 2 aromatic rings. The molecule has 0 spiro atoms. The van der Waals surface area contributed by atoms with Gasteiger partial charge in [0.2, 0.25) is 5.91 Å². The third kappa shape index (κ3) is 4.91. The minimum absolute atomic E-state index is 0.0286. The van der Waals surface area contributed by atoms with Crippen LogP contribution in [0.4, 0.5) is 10.1 Å². The van der Waals surface area contributed by atoms with Crippen molar-refractivity contribution in [2.75, 3.05) is 11.9 Å². The summed E-state index contributed by atoms with van der Waals surface area (Å²) < 4.78 is 13.5. The summed E-state index contributed by atoms with van der Waals surface area (Å²) in [5, 5.41) is 3.06. The van der Waals surface area contributed by atoms with Gasteiger partial charge in [-0.1, -0.05) is 65.4 Å². The Morgan fingerprint density at radius 2 is 1.96 bits per heavy atom. The lowest BCUT2D eigenvalue weighted by atomic mass is 10.2. The van der Waals surface area contributed by atoms with E-state index in [1.165, 1.54) is 23.1 Å². The summed E-state index contributed by atoms with van der Waals surface area (Å²) in [5.41, 5.74) is 1.09.